The maximum atomic E-state index is 13.3. The number of ether oxygens (including phenoxy) is 2. The van der Waals surface area contributed by atoms with E-state index in [1.165, 1.54) is 16.4 Å². The van der Waals surface area contributed by atoms with Gasteiger partial charge < -0.3 is 14.8 Å². The molecule has 0 aliphatic carbocycles. The van der Waals surface area contributed by atoms with Crippen LogP contribution >= 0.6 is 0 Å². The number of fused-ring (bicyclic) bond motifs is 1. The first kappa shape index (κ1) is 21.7. The van der Waals surface area contributed by atoms with Crippen molar-refractivity contribution in [3.05, 3.63) is 78.4 Å². The molecule has 4 rings (SSSR count). The van der Waals surface area contributed by atoms with Crippen molar-refractivity contribution in [1.29, 1.82) is 0 Å². The van der Waals surface area contributed by atoms with Crippen LogP contribution < -0.4 is 19.1 Å². The van der Waals surface area contributed by atoms with E-state index < -0.39 is 10.0 Å². The Labute approximate surface area is 187 Å². The van der Waals surface area contributed by atoms with E-state index in [9.17, 15) is 13.2 Å². The van der Waals surface area contributed by atoms with Crippen LogP contribution in [-0.2, 0) is 10.0 Å². The summed E-state index contributed by atoms with van der Waals surface area (Å²) in [6.07, 6.45) is -0.271. The fourth-order valence-corrected chi connectivity index (χ4v) is 5.04. The lowest BCUT2D eigenvalue weighted by molar-refractivity contribution is 0.102. The monoisotopic (exact) mass is 452 g/mol. The summed E-state index contributed by atoms with van der Waals surface area (Å²) in [6, 6.07) is 20.0. The lowest BCUT2D eigenvalue weighted by Crippen LogP contribution is -2.42. The molecule has 0 saturated carbocycles. The fourth-order valence-electron chi connectivity index (χ4n) is 3.49. The number of hydrogen-bond acceptors (Lipinski definition) is 5. The maximum Gasteiger partial charge on any atom is 0.264 e. The van der Waals surface area contributed by atoms with E-state index in [0.29, 0.717) is 35.0 Å². The Morgan fingerprint density at radius 2 is 1.75 bits per heavy atom. The molecule has 8 heteroatoms. The number of carbonyl (C=O) groups is 1. The zero-order chi connectivity index (χ0) is 22.7. The van der Waals surface area contributed by atoms with Crippen LogP contribution in [0.25, 0.3) is 0 Å². The van der Waals surface area contributed by atoms with Crippen LogP contribution in [0.4, 0.5) is 11.4 Å². The highest BCUT2D eigenvalue weighted by molar-refractivity contribution is 7.92. The largest absolute Gasteiger partial charge is 0.494 e. The van der Waals surface area contributed by atoms with Gasteiger partial charge in [0.1, 0.15) is 17.6 Å². The van der Waals surface area contributed by atoms with Crippen molar-refractivity contribution in [2.75, 3.05) is 22.8 Å². The molecular formula is C24H24N2O5S. The molecule has 0 aromatic heterocycles. The molecule has 7 nitrogen and oxygen atoms in total. The van der Waals surface area contributed by atoms with Gasteiger partial charge in [-0.1, -0.05) is 12.1 Å². The van der Waals surface area contributed by atoms with Gasteiger partial charge in [-0.05, 0) is 74.5 Å². The minimum absolute atomic E-state index is 0.139. The average molecular weight is 453 g/mol. The van der Waals surface area contributed by atoms with Gasteiger partial charge in [-0.25, -0.2) is 8.42 Å². The first-order chi connectivity index (χ1) is 15.4. The first-order valence-corrected chi connectivity index (χ1v) is 11.7. The number of amides is 1. The standard InChI is InChI=1S/C24H24N2O5S/c1-3-30-20-12-8-18(9-13-20)24(27)25-19-10-14-21(15-11-19)32(28,29)26-16-17(2)31-23-7-5-4-6-22(23)26/h4-15,17H,3,16H2,1-2H3,(H,25,27). The average Bonchev–Trinajstić information content (AvgIpc) is 2.79. The van der Waals surface area contributed by atoms with Crippen LogP contribution in [0.1, 0.15) is 24.2 Å². The number of rotatable bonds is 6. The lowest BCUT2D eigenvalue weighted by atomic mass is 10.2. The zero-order valence-electron chi connectivity index (χ0n) is 17.8. The van der Waals surface area contributed by atoms with Crippen LogP contribution in [0, 0.1) is 0 Å². The Bertz CT molecular complexity index is 1210. The van der Waals surface area contributed by atoms with E-state index in [1.807, 2.05) is 19.9 Å². The predicted octanol–water partition coefficient (Wildman–Crippen LogP) is 4.31. The van der Waals surface area contributed by atoms with Crippen LogP contribution in [0.2, 0.25) is 0 Å². The number of anilines is 2. The molecule has 1 aliphatic rings. The SMILES string of the molecule is CCOc1ccc(C(=O)Nc2ccc(S(=O)(=O)N3CC(C)Oc4ccccc43)cc2)cc1. The summed E-state index contributed by atoms with van der Waals surface area (Å²) >= 11 is 0. The van der Waals surface area contributed by atoms with E-state index in [-0.39, 0.29) is 23.5 Å². The van der Waals surface area contributed by atoms with Gasteiger partial charge in [0, 0.05) is 11.3 Å². The topological polar surface area (TPSA) is 84.9 Å². The molecule has 0 spiro atoms. The minimum atomic E-state index is -3.79. The van der Waals surface area contributed by atoms with E-state index >= 15 is 0 Å². The zero-order valence-corrected chi connectivity index (χ0v) is 18.6. The number of para-hydroxylation sites is 2. The molecule has 0 saturated heterocycles. The van der Waals surface area contributed by atoms with Crippen LogP contribution in [0.5, 0.6) is 11.5 Å². The number of nitrogens with zero attached hydrogens (tertiary/aromatic N) is 1. The molecule has 1 atom stereocenters. The van der Waals surface area contributed by atoms with Crippen LogP contribution in [0.15, 0.2) is 77.7 Å². The number of sulfonamides is 1. The smallest absolute Gasteiger partial charge is 0.264 e. The Balaban J connectivity index is 1.51. The van der Waals surface area contributed by atoms with E-state index in [2.05, 4.69) is 5.32 Å². The van der Waals surface area contributed by atoms with Crippen molar-refractivity contribution in [1.82, 2.24) is 0 Å². The molecule has 1 amide bonds. The highest BCUT2D eigenvalue weighted by Gasteiger charge is 2.32. The Kier molecular flexibility index (Phi) is 6.05. The van der Waals surface area contributed by atoms with Crippen molar-refractivity contribution >= 4 is 27.3 Å². The van der Waals surface area contributed by atoms with E-state index in [0.717, 1.165) is 0 Å². The van der Waals surface area contributed by atoms with Crippen molar-refractivity contribution in [2.45, 2.75) is 24.8 Å². The van der Waals surface area contributed by atoms with Crippen molar-refractivity contribution in [3.63, 3.8) is 0 Å². The lowest BCUT2D eigenvalue weighted by Gasteiger charge is -2.34. The molecule has 166 valence electrons. The summed E-state index contributed by atoms with van der Waals surface area (Å²) in [5, 5.41) is 2.78. The summed E-state index contributed by atoms with van der Waals surface area (Å²) < 4.78 is 39.1. The molecule has 1 N–H and O–H groups in total. The molecule has 32 heavy (non-hydrogen) atoms. The molecule has 0 fully saturated rings. The molecule has 0 bridgehead atoms. The van der Waals surface area contributed by atoms with Crippen molar-refractivity contribution < 1.29 is 22.7 Å². The van der Waals surface area contributed by atoms with Crippen LogP contribution in [-0.4, -0.2) is 33.6 Å². The quantitative estimate of drug-likeness (QED) is 0.602. The van der Waals surface area contributed by atoms with Gasteiger partial charge in [-0.2, -0.15) is 0 Å². The third kappa shape index (κ3) is 4.40. The van der Waals surface area contributed by atoms with Crippen LogP contribution in [0.3, 0.4) is 0 Å². The third-order valence-corrected chi connectivity index (χ3v) is 6.81. The van der Waals surface area contributed by atoms with E-state index in [1.54, 1.807) is 54.6 Å². The number of hydrogen-bond donors (Lipinski definition) is 1. The molecule has 0 radical (unpaired) electrons. The Morgan fingerprint density at radius 1 is 1.06 bits per heavy atom. The molecule has 1 unspecified atom stereocenters. The molecule has 3 aromatic rings. The van der Waals surface area contributed by atoms with Gasteiger partial charge in [0.2, 0.25) is 0 Å². The predicted molar refractivity (Wildman–Crippen MR) is 123 cm³/mol. The number of nitrogens with one attached hydrogen (secondary N) is 1. The van der Waals surface area contributed by atoms with Gasteiger partial charge in [-0.15, -0.1) is 0 Å². The number of carbonyl (C=O) groups excluding carboxylic acids is 1. The van der Waals surface area contributed by atoms with Gasteiger partial charge >= 0.3 is 0 Å². The second kappa shape index (κ2) is 8.92. The van der Waals surface area contributed by atoms with Gasteiger partial charge in [0.25, 0.3) is 15.9 Å². The van der Waals surface area contributed by atoms with Crippen molar-refractivity contribution in [3.8, 4) is 11.5 Å². The minimum Gasteiger partial charge on any atom is -0.494 e. The first-order valence-electron chi connectivity index (χ1n) is 10.3. The maximum absolute atomic E-state index is 13.3. The van der Waals surface area contributed by atoms with Crippen molar-refractivity contribution in [2.24, 2.45) is 0 Å². The highest BCUT2D eigenvalue weighted by Crippen LogP contribution is 2.36. The van der Waals surface area contributed by atoms with Gasteiger partial charge in [0.05, 0.1) is 23.7 Å². The molecule has 1 heterocycles. The highest BCUT2D eigenvalue weighted by atomic mass is 32.2. The summed E-state index contributed by atoms with van der Waals surface area (Å²) in [6.45, 7) is 4.49. The molecule has 3 aromatic carbocycles. The fraction of sp³-hybridized carbons (Fsp3) is 0.208. The van der Waals surface area contributed by atoms with E-state index in [4.69, 9.17) is 9.47 Å². The Morgan fingerprint density at radius 3 is 2.44 bits per heavy atom. The normalized spacial score (nSPS) is 15.4. The molecule has 1 aliphatic heterocycles. The Hall–Kier alpha value is -3.52. The second-order valence-electron chi connectivity index (χ2n) is 7.37. The van der Waals surface area contributed by atoms with Gasteiger partial charge in [0.15, 0.2) is 0 Å². The summed E-state index contributed by atoms with van der Waals surface area (Å²) in [4.78, 5) is 12.6. The summed E-state index contributed by atoms with van der Waals surface area (Å²) in [5.74, 6) is 0.936. The number of benzene rings is 3. The summed E-state index contributed by atoms with van der Waals surface area (Å²) in [7, 11) is -3.79. The third-order valence-electron chi connectivity index (χ3n) is 5.01. The second-order valence-corrected chi connectivity index (χ2v) is 9.23. The molecular weight excluding hydrogens is 428 g/mol. The van der Waals surface area contributed by atoms with Gasteiger partial charge in [-0.3, -0.25) is 9.10 Å². The summed E-state index contributed by atoms with van der Waals surface area (Å²) in [5.41, 5.74) is 1.49.